The van der Waals surface area contributed by atoms with E-state index in [9.17, 15) is 0 Å². The lowest BCUT2D eigenvalue weighted by Crippen LogP contribution is -2.36. The minimum absolute atomic E-state index is 0. The average Bonchev–Trinajstić information content (AvgIpc) is 3.06. The minimum Gasteiger partial charge on any atom is -0.334 e. The van der Waals surface area contributed by atoms with Gasteiger partial charge >= 0.3 is 0 Å². The lowest BCUT2D eigenvalue weighted by Gasteiger charge is -2.29. The van der Waals surface area contributed by atoms with E-state index >= 15 is 0 Å². The van der Waals surface area contributed by atoms with Crippen molar-refractivity contribution < 1.29 is 0 Å². The van der Waals surface area contributed by atoms with Crippen molar-refractivity contribution in [2.45, 2.75) is 51.9 Å². The van der Waals surface area contributed by atoms with Gasteiger partial charge in [-0.15, -0.1) is 12.4 Å². The first-order chi connectivity index (χ1) is 13.3. The monoisotopic (exact) mass is 401 g/mol. The number of piperidine rings is 1. The van der Waals surface area contributed by atoms with E-state index in [1.54, 1.807) is 6.20 Å². The normalized spacial score (nSPS) is 20.6. The molecule has 1 aliphatic heterocycles. The largest absolute Gasteiger partial charge is 0.334 e. The van der Waals surface area contributed by atoms with Gasteiger partial charge in [-0.05, 0) is 50.8 Å². The van der Waals surface area contributed by atoms with Gasteiger partial charge in [0.1, 0.15) is 5.82 Å². The maximum Gasteiger partial charge on any atom is 0.233 e. The zero-order valence-corrected chi connectivity index (χ0v) is 17.1. The smallest absolute Gasteiger partial charge is 0.233 e. The molecule has 1 saturated heterocycles. The molecule has 1 spiro atoms. The van der Waals surface area contributed by atoms with Gasteiger partial charge in [-0.3, -0.25) is 9.30 Å². The van der Waals surface area contributed by atoms with Crippen LogP contribution in [-0.2, 0) is 19.6 Å². The lowest BCUT2D eigenvalue weighted by atomic mass is 9.93. The van der Waals surface area contributed by atoms with Gasteiger partial charge in [-0.1, -0.05) is 0 Å². The van der Waals surface area contributed by atoms with Gasteiger partial charge in [0.05, 0.1) is 18.4 Å². The summed E-state index contributed by atoms with van der Waals surface area (Å²) in [5.41, 5.74) is 1.69. The van der Waals surface area contributed by atoms with Crippen LogP contribution in [-0.4, -0.2) is 48.0 Å². The highest BCUT2D eigenvalue weighted by Gasteiger charge is 2.56. The standard InChI is InChI=1S/C20H27N7.ClH/c1-2-25-11-9-22-18(25)15-26(17-12-20(17)4-7-21-8-5-20)14-16-13-24-19-23-6-3-10-27(16)19;/h3,6,9-11,13,17,21H,2,4-5,7-8,12,14-15H2,1H3;1H. The summed E-state index contributed by atoms with van der Waals surface area (Å²) in [5, 5.41) is 3.52. The van der Waals surface area contributed by atoms with E-state index in [1.807, 2.05) is 18.5 Å². The molecule has 5 rings (SSSR count). The molecule has 7 nitrogen and oxygen atoms in total. The molecule has 3 aromatic heterocycles. The van der Waals surface area contributed by atoms with Crippen molar-refractivity contribution in [1.82, 2.24) is 34.1 Å². The van der Waals surface area contributed by atoms with Crippen molar-refractivity contribution in [3.63, 3.8) is 0 Å². The minimum atomic E-state index is 0. The Morgan fingerprint density at radius 1 is 1.14 bits per heavy atom. The third-order valence-corrected chi connectivity index (χ3v) is 6.40. The first-order valence-corrected chi connectivity index (χ1v) is 10.0. The highest BCUT2D eigenvalue weighted by molar-refractivity contribution is 5.85. The maximum absolute atomic E-state index is 4.64. The van der Waals surface area contributed by atoms with Gasteiger partial charge in [-0.2, -0.15) is 0 Å². The van der Waals surface area contributed by atoms with E-state index in [4.69, 9.17) is 0 Å². The van der Waals surface area contributed by atoms with Crippen molar-refractivity contribution in [3.05, 3.63) is 48.6 Å². The van der Waals surface area contributed by atoms with E-state index in [1.165, 1.54) is 25.0 Å². The van der Waals surface area contributed by atoms with Gasteiger partial charge in [-0.25, -0.2) is 15.0 Å². The Morgan fingerprint density at radius 2 is 2.00 bits per heavy atom. The van der Waals surface area contributed by atoms with Crippen LogP contribution in [0.25, 0.3) is 5.78 Å². The Morgan fingerprint density at radius 3 is 2.82 bits per heavy atom. The number of aryl methyl sites for hydroxylation is 1. The molecule has 1 saturated carbocycles. The van der Waals surface area contributed by atoms with Crippen LogP contribution in [0.15, 0.2) is 37.1 Å². The second kappa shape index (κ2) is 7.81. The number of fused-ring (bicyclic) bond motifs is 1. The number of hydrogen-bond acceptors (Lipinski definition) is 5. The fourth-order valence-electron chi connectivity index (χ4n) is 4.74. The van der Waals surface area contributed by atoms with Gasteiger partial charge < -0.3 is 9.88 Å². The summed E-state index contributed by atoms with van der Waals surface area (Å²) >= 11 is 0. The van der Waals surface area contributed by atoms with E-state index in [-0.39, 0.29) is 12.4 Å². The zero-order chi connectivity index (χ0) is 18.3. The molecular formula is C20H28ClN7. The Balaban J connectivity index is 0.00000192. The molecule has 0 amide bonds. The van der Waals surface area contributed by atoms with Crippen LogP contribution >= 0.6 is 12.4 Å². The molecule has 8 heteroatoms. The number of nitrogens with one attached hydrogen (secondary N) is 1. The number of imidazole rings is 2. The summed E-state index contributed by atoms with van der Waals surface area (Å²) in [4.78, 5) is 16.1. The molecule has 28 heavy (non-hydrogen) atoms. The Labute approximate surface area is 171 Å². The molecule has 0 aromatic carbocycles. The zero-order valence-electron chi connectivity index (χ0n) is 16.3. The average molecular weight is 402 g/mol. The predicted molar refractivity (Wildman–Crippen MR) is 110 cm³/mol. The SMILES string of the molecule is CCn1ccnc1CN(Cc1cnc2ncccn12)C1CC12CCNCC2.Cl. The predicted octanol–water partition coefficient (Wildman–Crippen LogP) is 2.51. The number of aromatic nitrogens is 5. The Kier molecular flexibility index (Phi) is 5.40. The molecule has 0 bridgehead atoms. The summed E-state index contributed by atoms with van der Waals surface area (Å²) in [6.07, 6.45) is 13.7. The second-order valence-corrected chi connectivity index (χ2v) is 7.91. The summed E-state index contributed by atoms with van der Waals surface area (Å²) in [5.74, 6) is 1.93. The number of halogens is 1. The van der Waals surface area contributed by atoms with Crippen LogP contribution in [0.3, 0.4) is 0 Å². The van der Waals surface area contributed by atoms with Crippen LogP contribution in [0.4, 0.5) is 0 Å². The summed E-state index contributed by atoms with van der Waals surface area (Å²) in [7, 11) is 0. The second-order valence-electron chi connectivity index (χ2n) is 7.91. The van der Waals surface area contributed by atoms with Crippen molar-refractivity contribution >= 4 is 18.2 Å². The van der Waals surface area contributed by atoms with Crippen LogP contribution in [0.2, 0.25) is 0 Å². The number of rotatable bonds is 6. The van der Waals surface area contributed by atoms with Crippen LogP contribution in [0.1, 0.15) is 37.7 Å². The quantitative estimate of drug-likeness (QED) is 0.687. The fourth-order valence-corrected chi connectivity index (χ4v) is 4.74. The van der Waals surface area contributed by atoms with Crippen molar-refractivity contribution in [1.29, 1.82) is 0 Å². The van der Waals surface area contributed by atoms with Crippen LogP contribution in [0.5, 0.6) is 0 Å². The van der Waals surface area contributed by atoms with Crippen molar-refractivity contribution in [2.24, 2.45) is 5.41 Å². The van der Waals surface area contributed by atoms with E-state index in [2.05, 4.69) is 53.5 Å². The highest BCUT2D eigenvalue weighted by atomic mass is 35.5. The Bertz CT molecular complexity index is 927. The molecule has 1 aliphatic carbocycles. The van der Waals surface area contributed by atoms with Crippen LogP contribution in [0, 0.1) is 5.41 Å². The molecule has 1 atom stereocenters. The summed E-state index contributed by atoms with van der Waals surface area (Å²) in [6.45, 7) is 7.19. The maximum atomic E-state index is 4.64. The topological polar surface area (TPSA) is 63.3 Å². The van der Waals surface area contributed by atoms with E-state index in [0.29, 0.717) is 11.5 Å². The number of hydrogen-bond donors (Lipinski definition) is 1. The van der Waals surface area contributed by atoms with Crippen LogP contribution < -0.4 is 5.32 Å². The molecule has 1 N–H and O–H groups in total. The molecule has 0 radical (unpaired) electrons. The molecule has 1 unspecified atom stereocenters. The summed E-state index contributed by atoms with van der Waals surface area (Å²) in [6, 6.07) is 2.60. The molecule has 4 heterocycles. The third-order valence-electron chi connectivity index (χ3n) is 6.40. The number of nitrogens with zero attached hydrogens (tertiary/aromatic N) is 6. The molecule has 150 valence electrons. The third kappa shape index (κ3) is 3.43. The highest BCUT2D eigenvalue weighted by Crippen LogP contribution is 2.56. The molecule has 2 aliphatic rings. The van der Waals surface area contributed by atoms with Gasteiger partial charge in [0.15, 0.2) is 0 Å². The lowest BCUT2D eigenvalue weighted by molar-refractivity contribution is 0.180. The summed E-state index contributed by atoms with van der Waals surface area (Å²) < 4.78 is 4.36. The van der Waals surface area contributed by atoms with E-state index in [0.717, 1.165) is 44.3 Å². The Hall–Kier alpha value is -1.96. The fraction of sp³-hybridized carbons (Fsp3) is 0.550. The molecular weight excluding hydrogens is 374 g/mol. The van der Waals surface area contributed by atoms with Crippen molar-refractivity contribution in [3.8, 4) is 0 Å². The van der Waals surface area contributed by atoms with E-state index < -0.39 is 0 Å². The molecule has 3 aromatic rings. The van der Waals surface area contributed by atoms with Crippen molar-refractivity contribution in [2.75, 3.05) is 13.1 Å². The van der Waals surface area contributed by atoms with Gasteiger partial charge in [0, 0.05) is 43.9 Å². The molecule has 2 fully saturated rings. The van der Waals surface area contributed by atoms with Gasteiger partial charge in [0.2, 0.25) is 5.78 Å². The first-order valence-electron chi connectivity index (χ1n) is 10.0. The first kappa shape index (κ1) is 19.4. The van der Waals surface area contributed by atoms with Gasteiger partial charge in [0.25, 0.3) is 0 Å².